The number of carbonyl (C=O) groups is 1. The molecule has 0 aromatic heterocycles. The molecule has 1 heterocycles. The number of aliphatic hydroxyl groups is 1. The smallest absolute Gasteiger partial charge is 0.330 e. The first-order valence-corrected chi connectivity index (χ1v) is 5.42. The zero-order valence-corrected chi connectivity index (χ0v) is 9.12. The minimum atomic E-state index is -1.56. The molecule has 1 aliphatic rings. The summed E-state index contributed by atoms with van der Waals surface area (Å²) in [5.74, 6) is -0.541. The Balaban J connectivity index is 2.07. The molecule has 0 aliphatic carbocycles. The van der Waals surface area contributed by atoms with Crippen LogP contribution >= 0.6 is 0 Å². The molecule has 3 atom stereocenters. The number of ether oxygens (including phenoxy) is 1. The van der Waals surface area contributed by atoms with Crippen LogP contribution in [0, 0.1) is 0 Å². The van der Waals surface area contributed by atoms with Crippen LogP contribution in [-0.4, -0.2) is 23.3 Å². The molecule has 1 aliphatic heterocycles. The van der Waals surface area contributed by atoms with E-state index in [0.29, 0.717) is 12.0 Å². The lowest BCUT2D eigenvalue weighted by Crippen LogP contribution is -2.35. The lowest BCUT2D eigenvalue weighted by atomic mass is 9.99. The Labute approximate surface area is 98.5 Å². The predicted octanol–water partition coefficient (Wildman–Crippen LogP) is 1.93. The monoisotopic (exact) mass is 236 g/mol. The third-order valence-electron chi connectivity index (χ3n) is 2.69. The van der Waals surface area contributed by atoms with Crippen LogP contribution in [0.15, 0.2) is 42.5 Å². The number of cyclic esters (lactones) is 1. The van der Waals surface area contributed by atoms with Gasteiger partial charge in [0, 0.05) is 12.5 Å². The van der Waals surface area contributed by atoms with Gasteiger partial charge >= 0.3 is 5.97 Å². The number of alkyl halides is 1. The summed E-state index contributed by atoms with van der Waals surface area (Å²) < 4.78 is 18.8. The van der Waals surface area contributed by atoms with Crippen molar-refractivity contribution >= 4 is 5.97 Å². The Morgan fingerprint density at radius 2 is 2.06 bits per heavy atom. The van der Waals surface area contributed by atoms with Gasteiger partial charge in [-0.15, -0.1) is 0 Å². The maximum Gasteiger partial charge on any atom is 0.330 e. The number of halogens is 1. The number of carbonyl (C=O) groups excluding carboxylic acids is 1. The molecule has 0 amide bonds. The lowest BCUT2D eigenvalue weighted by molar-refractivity contribution is -0.153. The van der Waals surface area contributed by atoms with Gasteiger partial charge in [0.1, 0.15) is 12.2 Å². The van der Waals surface area contributed by atoms with E-state index in [2.05, 4.69) is 0 Å². The van der Waals surface area contributed by atoms with Gasteiger partial charge in [-0.2, -0.15) is 0 Å². The molecule has 1 aromatic rings. The second-order valence-corrected chi connectivity index (χ2v) is 3.92. The molecule has 0 radical (unpaired) electrons. The highest BCUT2D eigenvalue weighted by Gasteiger charge is 2.32. The third kappa shape index (κ3) is 2.71. The van der Waals surface area contributed by atoms with Crippen LogP contribution in [0.2, 0.25) is 0 Å². The fourth-order valence-electron chi connectivity index (χ4n) is 1.77. The quantitative estimate of drug-likeness (QED) is 0.816. The Kier molecular flexibility index (Phi) is 3.54. The van der Waals surface area contributed by atoms with E-state index >= 15 is 0 Å². The van der Waals surface area contributed by atoms with Crippen LogP contribution < -0.4 is 0 Å². The first-order valence-electron chi connectivity index (χ1n) is 5.42. The standard InChI is InChI=1S/C13H13FO3/c14-12(9-5-2-1-3-6-9)13(16)10-7-4-8-11(15)17-10/h1-6,8,10,12-13,16H,7H2/t10-,12?,13?/m1/s1. The van der Waals surface area contributed by atoms with Crippen molar-refractivity contribution in [1.29, 1.82) is 0 Å². The summed E-state index contributed by atoms with van der Waals surface area (Å²) in [4.78, 5) is 11.0. The summed E-state index contributed by atoms with van der Waals surface area (Å²) in [5, 5.41) is 9.83. The number of aliphatic hydroxyl groups excluding tert-OH is 1. The summed E-state index contributed by atoms with van der Waals surface area (Å²) in [5.41, 5.74) is 0.380. The topological polar surface area (TPSA) is 46.5 Å². The van der Waals surface area contributed by atoms with E-state index in [9.17, 15) is 14.3 Å². The Hall–Kier alpha value is -1.68. The van der Waals surface area contributed by atoms with Gasteiger partial charge in [-0.1, -0.05) is 36.4 Å². The summed E-state index contributed by atoms with van der Waals surface area (Å²) in [6.07, 6.45) is -0.522. The molecule has 3 nitrogen and oxygen atoms in total. The maximum atomic E-state index is 14.0. The van der Waals surface area contributed by atoms with E-state index in [1.807, 2.05) is 0 Å². The molecule has 17 heavy (non-hydrogen) atoms. The molecule has 0 saturated carbocycles. The third-order valence-corrected chi connectivity index (χ3v) is 2.69. The van der Waals surface area contributed by atoms with E-state index in [-0.39, 0.29) is 0 Å². The number of hydrogen-bond donors (Lipinski definition) is 1. The normalized spacial score (nSPS) is 22.9. The Morgan fingerprint density at radius 1 is 1.35 bits per heavy atom. The van der Waals surface area contributed by atoms with Gasteiger partial charge in [0.2, 0.25) is 0 Å². The molecule has 1 N–H and O–H groups in total. The minimum absolute atomic E-state index is 0.333. The minimum Gasteiger partial charge on any atom is -0.456 e. The van der Waals surface area contributed by atoms with E-state index in [0.717, 1.165) is 0 Å². The lowest BCUT2D eigenvalue weighted by Gasteiger charge is -2.26. The number of rotatable bonds is 3. The first-order chi connectivity index (χ1) is 8.18. The SMILES string of the molecule is O=C1C=CC[C@H](C(O)C(F)c2ccccc2)O1. The molecule has 1 aromatic carbocycles. The predicted molar refractivity (Wildman–Crippen MR) is 59.9 cm³/mol. The number of esters is 1. The van der Waals surface area contributed by atoms with Crippen LogP contribution in [0.5, 0.6) is 0 Å². The van der Waals surface area contributed by atoms with Gasteiger partial charge in [0.15, 0.2) is 6.17 Å². The van der Waals surface area contributed by atoms with Crippen LogP contribution in [-0.2, 0) is 9.53 Å². The van der Waals surface area contributed by atoms with Crippen molar-refractivity contribution in [2.45, 2.75) is 24.8 Å². The summed E-state index contributed by atoms with van der Waals surface area (Å²) in [7, 11) is 0. The molecule has 0 saturated heterocycles. The second kappa shape index (κ2) is 5.10. The molecule has 0 fully saturated rings. The fraction of sp³-hybridized carbons (Fsp3) is 0.308. The van der Waals surface area contributed by atoms with E-state index in [1.165, 1.54) is 6.08 Å². The van der Waals surface area contributed by atoms with Gasteiger partial charge in [0.25, 0.3) is 0 Å². The van der Waals surface area contributed by atoms with Crippen LogP contribution in [0.3, 0.4) is 0 Å². The molecular weight excluding hydrogens is 223 g/mol. The van der Waals surface area contributed by atoms with Crippen molar-refractivity contribution in [3.05, 3.63) is 48.0 Å². The first kappa shape index (κ1) is 11.8. The van der Waals surface area contributed by atoms with Gasteiger partial charge < -0.3 is 9.84 Å². The second-order valence-electron chi connectivity index (χ2n) is 3.92. The Morgan fingerprint density at radius 3 is 2.71 bits per heavy atom. The average Bonchev–Trinajstić information content (AvgIpc) is 2.38. The number of benzene rings is 1. The molecule has 0 spiro atoms. The van der Waals surface area contributed by atoms with Crippen molar-refractivity contribution in [1.82, 2.24) is 0 Å². The molecule has 90 valence electrons. The Bertz CT molecular complexity index is 416. The van der Waals surface area contributed by atoms with Crippen molar-refractivity contribution in [3.8, 4) is 0 Å². The zero-order valence-electron chi connectivity index (χ0n) is 9.12. The highest BCUT2D eigenvalue weighted by molar-refractivity contribution is 5.82. The van der Waals surface area contributed by atoms with Crippen molar-refractivity contribution < 1.29 is 19.0 Å². The van der Waals surface area contributed by atoms with Crippen molar-refractivity contribution in [3.63, 3.8) is 0 Å². The van der Waals surface area contributed by atoms with Crippen LogP contribution in [0.4, 0.5) is 4.39 Å². The molecule has 2 unspecified atom stereocenters. The highest BCUT2D eigenvalue weighted by Crippen LogP contribution is 2.26. The largest absolute Gasteiger partial charge is 0.456 e. The van der Waals surface area contributed by atoms with E-state index in [4.69, 9.17) is 4.74 Å². The van der Waals surface area contributed by atoms with Crippen molar-refractivity contribution in [2.24, 2.45) is 0 Å². The van der Waals surface area contributed by atoms with Gasteiger partial charge in [-0.25, -0.2) is 9.18 Å². The van der Waals surface area contributed by atoms with E-state index in [1.54, 1.807) is 36.4 Å². The van der Waals surface area contributed by atoms with E-state index < -0.39 is 24.3 Å². The summed E-state index contributed by atoms with van der Waals surface area (Å²) >= 11 is 0. The van der Waals surface area contributed by atoms with Crippen LogP contribution in [0.1, 0.15) is 18.2 Å². The van der Waals surface area contributed by atoms with Gasteiger partial charge in [0.05, 0.1) is 0 Å². The summed E-state index contributed by atoms with van der Waals surface area (Å²) in [6.45, 7) is 0. The maximum absolute atomic E-state index is 14.0. The molecule has 0 bridgehead atoms. The molecule has 4 heteroatoms. The average molecular weight is 236 g/mol. The number of hydrogen-bond acceptors (Lipinski definition) is 3. The molecule has 2 rings (SSSR count). The fourth-order valence-corrected chi connectivity index (χ4v) is 1.77. The molecular formula is C13H13FO3. The highest BCUT2D eigenvalue weighted by atomic mass is 19.1. The van der Waals surface area contributed by atoms with Gasteiger partial charge in [-0.3, -0.25) is 0 Å². The summed E-state index contributed by atoms with van der Waals surface area (Å²) in [6, 6.07) is 8.34. The zero-order chi connectivity index (χ0) is 12.3. The van der Waals surface area contributed by atoms with Crippen LogP contribution in [0.25, 0.3) is 0 Å². The van der Waals surface area contributed by atoms with Gasteiger partial charge in [-0.05, 0) is 5.56 Å². The van der Waals surface area contributed by atoms with Crippen molar-refractivity contribution in [2.75, 3.05) is 0 Å².